The zero-order valence-electron chi connectivity index (χ0n) is 13.1. The molecule has 1 aromatic rings. The van der Waals surface area contributed by atoms with Crippen LogP contribution in [0.1, 0.15) is 44.7 Å². The van der Waals surface area contributed by atoms with Crippen molar-refractivity contribution in [3.8, 4) is 0 Å². The summed E-state index contributed by atoms with van der Waals surface area (Å²) in [6.07, 6.45) is 2.85. The minimum Gasteiger partial charge on any atom is -0.326 e. The van der Waals surface area contributed by atoms with Crippen molar-refractivity contribution < 1.29 is 8.42 Å². The van der Waals surface area contributed by atoms with Crippen LogP contribution in [0.2, 0.25) is 0 Å². The fraction of sp³-hybridized carbons (Fsp3) is 0.625. The van der Waals surface area contributed by atoms with E-state index in [9.17, 15) is 8.42 Å². The first-order chi connectivity index (χ1) is 9.89. The van der Waals surface area contributed by atoms with Crippen LogP contribution >= 0.6 is 0 Å². The zero-order chi connectivity index (χ0) is 15.6. The number of hydrogen-bond donors (Lipinski definition) is 2. The minimum absolute atomic E-state index is 0.0391. The Morgan fingerprint density at radius 2 is 1.95 bits per heavy atom. The highest BCUT2D eigenvalue weighted by molar-refractivity contribution is 7.89. The Bertz CT molecular complexity index is 598. The highest BCUT2D eigenvalue weighted by Crippen LogP contribution is 2.32. The van der Waals surface area contributed by atoms with Crippen molar-refractivity contribution in [1.29, 1.82) is 0 Å². The van der Waals surface area contributed by atoms with Gasteiger partial charge in [0.15, 0.2) is 0 Å². The molecule has 5 heteroatoms. The van der Waals surface area contributed by atoms with Crippen molar-refractivity contribution in [2.75, 3.05) is 0 Å². The van der Waals surface area contributed by atoms with E-state index in [2.05, 4.69) is 18.6 Å². The van der Waals surface area contributed by atoms with Gasteiger partial charge in [-0.25, -0.2) is 13.1 Å². The highest BCUT2D eigenvalue weighted by atomic mass is 32.2. The molecule has 0 radical (unpaired) electrons. The van der Waals surface area contributed by atoms with E-state index in [0.29, 0.717) is 23.3 Å². The van der Waals surface area contributed by atoms with Gasteiger partial charge < -0.3 is 5.73 Å². The normalized spacial score (nSPS) is 26.2. The molecule has 0 bridgehead atoms. The molecule has 21 heavy (non-hydrogen) atoms. The first-order valence-corrected chi connectivity index (χ1v) is 9.21. The molecule has 2 rings (SSSR count). The summed E-state index contributed by atoms with van der Waals surface area (Å²) >= 11 is 0. The van der Waals surface area contributed by atoms with Crippen LogP contribution in [-0.2, 0) is 23.0 Å². The first kappa shape index (κ1) is 16.5. The Morgan fingerprint density at radius 1 is 1.24 bits per heavy atom. The van der Waals surface area contributed by atoms with Crippen LogP contribution in [-0.4, -0.2) is 14.5 Å². The van der Waals surface area contributed by atoms with Crippen molar-refractivity contribution in [3.63, 3.8) is 0 Å². The highest BCUT2D eigenvalue weighted by Gasteiger charge is 2.33. The van der Waals surface area contributed by atoms with Crippen molar-refractivity contribution in [2.45, 2.75) is 57.5 Å². The van der Waals surface area contributed by atoms with E-state index in [-0.39, 0.29) is 6.04 Å². The van der Waals surface area contributed by atoms with Crippen LogP contribution in [0.25, 0.3) is 0 Å². The molecule has 118 valence electrons. The van der Waals surface area contributed by atoms with E-state index in [1.54, 1.807) is 12.1 Å². The predicted octanol–water partition coefficient (Wildman–Crippen LogP) is 2.42. The van der Waals surface area contributed by atoms with E-state index in [0.717, 1.165) is 30.4 Å². The summed E-state index contributed by atoms with van der Waals surface area (Å²) in [6.45, 7) is 6.71. The van der Waals surface area contributed by atoms with Crippen molar-refractivity contribution in [3.05, 3.63) is 29.3 Å². The second-order valence-electron chi connectivity index (χ2n) is 6.13. The third-order valence-electron chi connectivity index (χ3n) is 4.86. The Kier molecular flexibility index (Phi) is 5.07. The molecule has 1 aromatic carbocycles. The lowest BCUT2D eigenvalue weighted by molar-refractivity contribution is 0.402. The molecule has 3 unspecified atom stereocenters. The van der Waals surface area contributed by atoms with Crippen LogP contribution in [0.5, 0.6) is 0 Å². The Morgan fingerprint density at radius 3 is 2.48 bits per heavy atom. The second kappa shape index (κ2) is 6.46. The summed E-state index contributed by atoms with van der Waals surface area (Å²) in [5, 5.41) is 0. The molecule has 1 aliphatic carbocycles. The number of nitrogens with two attached hydrogens (primary N) is 1. The van der Waals surface area contributed by atoms with Gasteiger partial charge in [0.25, 0.3) is 0 Å². The van der Waals surface area contributed by atoms with Crippen LogP contribution in [0.4, 0.5) is 0 Å². The van der Waals surface area contributed by atoms with Gasteiger partial charge in [-0.2, -0.15) is 0 Å². The van der Waals surface area contributed by atoms with E-state index >= 15 is 0 Å². The number of benzene rings is 1. The number of nitrogens with one attached hydrogen (secondary N) is 1. The molecule has 0 saturated heterocycles. The summed E-state index contributed by atoms with van der Waals surface area (Å²) in [6, 6.07) is 5.31. The smallest absolute Gasteiger partial charge is 0.240 e. The van der Waals surface area contributed by atoms with Crippen LogP contribution in [0, 0.1) is 11.8 Å². The summed E-state index contributed by atoms with van der Waals surface area (Å²) in [7, 11) is -3.46. The third-order valence-corrected chi connectivity index (χ3v) is 6.35. The monoisotopic (exact) mass is 310 g/mol. The van der Waals surface area contributed by atoms with Crippen molar-refractivity contribution in [2.24, 2.45) is 17.6 Å². The van der Waals surface area contributed by atoms with Gasteiger partial charge in [0.1, 0.15) is 0 Å². The molecular weight excluding hydrogens is 284 g/mol. The van der Waals surface area contributed by atoms with Crippen LogP contribution in [0.15, 0.2) is 23.1 Å². The standard InChI is InChI=1S/C16H26N2O2S/c1-4-13-6-7-15(9-14(13)10-17)21(19,20)18-16-8-5-11(2)12(16)3/h6-7,9,11-12,16,18H,4-5,8,10,17H2,1-3H3. The Hall–Kier alpha value is -0.910. The van der Waals surface area contributed by atoms with Gasteiger partial charge in [-0.1, -0.05) is 26.8 Å². The maximum atomic E-state index is 12.6. The molecule has 0 heterocycles. The summed E-state index contributed by atoms with van der Waals surface area (Å²) in [4.78, 5) is 0.326. The van der Waals surface area contributed by atoms with Gasteiger partial charge in [0, 0.05) is 12.6 Å². The van der Waals surface area contributed by atoms with Gasteiger partial charge in [0.2, 0.25) is 10.0 Å². The molecule has 0 spiro atoms. The van der Waals surface area contributed by atoms with Gasteiger partial charge in [-0.3, -0.25) is 0 Å². The summed E-state index contributed by atoms with van der Waals surface area (Å²) in [5.41, 5.74) is 7.75. The molecule has 0 aliphatic heterocycles. The van der Waals surface area contributed by atoms with Gasteiger partial charge in [0.05, 0.1) is 4.90 Å². The fourth-order valence-electron chi connectivity index (χ4n) is 3.10. The zero-order valence-corrected chi connectivity index (χ0v) is 13.9. The molecule has 1 fully saturated rings. The van der Waals surface area contributed by atoms with Crippen LogP contribution < -0.4 is 10.5 Å². The fourth-order valence-corrected chi connectivity index (χ4v) is 4.51. The maximum absolute atomic E-state index is 12.6. The van der Waals surface area contributed by atoms with E-state index in [1.807, 2.05) is 13.0 Å². The second-order valence-corrected chi connectivity index (χ2v) is 7.84. The topological polar surface area (TPSA) is 72.2 Å². The van der Waals surface area contributed by atoms with E-state index in [4.69, 9.17) is 5.73 Å². The lowest BCUT2D eigenvalue weighted by atomic mass is 9.98. The summed E-state index contributed by atoms with van der Waals surface area (Å²) in [5.74, 6) is 0.948. The van der Waals surface area contributed by atoms with Crippen molar-refractivity contribution in [1.82, 2.24) is 4.72 Å². The van der Waals surface area contributed by atoms with Gasteiger partial charge in [-0.15, -0.1) is 0 Å². The number of aryl methyl sites for hydroxylation is 1. The quantitative estimate of drug-likeness (QED) is 0.877. The third kappa shape index (κ3) is 3.47. The van der Waals surface area contributed by atoms with Gasteiger partial charge in [-0.05, 0) is 54.4 Å². The minimum atomic E-state index is -3.46. The van der Waals surface area contributed by atoms with E-state index < -0.39 is 10.0 Å². The van der Waals surface area contributed by atoms with Crippen molar-refractivity contribution >= 4 is 10.0 Å². The number of sulfonamides is 1. The lowest BCUT2D eigenvalue weighted by Crippen LogP contribution is -2.37. The molecule has 3 atom stereocenters. The van der Waals surface area contributed by atoms with E-state index in [1.165, 1.54) is 0 Å². The summed E-state index contributed by atoms with van der Waals surface area (Å²) < 4.78 is 28.0. The van der Waals surface area contributed by atoms with Gasteiger partial charge >= 0.3 is 0 Å². The lowest BCUT2D eigenvalue weighted by Gasteiger charge is -2.20. The first-order valence-electron chi connectivity index (χ1n) is 7.73. The maximum Gasteiger partial charge on any atom is 0.240 e. The average Bonchev–Trinajstić information content (AvgIpc) is 2.78. The Labute approximate surface area is 128 Å². The molecular formula is C16H26N2O2S. The average molecular weight is 310 g/mol. The number of rotatable bonds is 5. The Balaban J connectivity index is 2.24. The molecule has 0 aromatic heterocycles. The molecule has 0 amide bonds. The molecule has 3 N–H and O–H groups in total. The SMILES string of the molecule is CCc1ccc(S(=O)(=O)NC2CCC(C)C2C)cc1CN. The largest absolute Gasteiger partial charge is 0.326 e. The van der Waals surface area contributed by atoms with Crippen LogP contribution in [0.3, 0.4) is 0 Å². The molecule has 1 saturated carbocycles. The molecule has 4 nitrogen and oxygen atoms in total. The number of hydrogen-bond acceptors (Lipinski definition) is 3. The molecule has 1 aliphatic rings. The predicted molar refractivity (Wildman–Crippen MR) is 85.4 cm³/mol.